The van der Waals surface area contributed by atoms with Gasteiger partial charge in [0, 0.05) is 30.1 Å². The van der Waals surface area contributed by atoms with Crippen LogP contribution < -0.4 is 9.47 Å². The maximum atomic E-state index is 13.8. The van der Waals surface area contributed by atoms with Crippen molar-refractivity contribution in [3.63, 3.8) is 0 Å². The lowest BCUT2D eigenvalue weighted by molar-refractivity contribution is 0.162. The number of benzene rings is 3. The number of para-hydroxylation sites is 2. The summed E-state index contributed by atoms with van der Waals surface area (Å²) in [5.41, 5.74) is 1.77. The van der Waals surface area contributed by atoms with E-state index in [1.165, 1.54) is 0 Å². The van der Waals surface area contributed by atoms with E-state index in [1.807, 2.05) is 80.6 Å². The van der Waals surface area contributed by atoms with Crippen molar-refractivity contribution in [2.75, 3.05) is 33.2 Å². The molecule has 178 valence electrons. The van der Waals surface area contributed by atoms with Crippen LogP contribution in [0, 0.1) is 0 Å². The molecule has 0 aliphatic carbocycles. The predicted octanol–water partition coefficient (Wildman–Crippen LogP) is 5.47. The Hall–Kier alpha value is -2.83. The highest BCUT2D eigenvalue weighted by Gasteiger charge is 2.50. The second-order valence-electron chi connectivity index (χ2n) is 7.13. The standard InChI is InChI=1S/C23H24O4S.C4H10O/c1-4-28(24,25)23(18-12-6-5-7-13-18,19-14-8-10-16-21(19)26-2)20-15-9-11-17-22(20)27-3;1-3-5-4-2/h5-17H,4H2,1-3H3;3-4H2,1-2H3. The first-order valence-corrected chi connectivity index (χ1v) is 12.7. The van der Waals surface area contributed by atoms with Crippen molar-refractivity contribution < 1.29 is 22.6 Å². The number of methoxy groups -OCH3 is 2. The van der Waals surface area contributed by atoms with Gasteiger partial charge in [-0.2, -0.15) is 0 Å². The largest absolute Gasteiger partial charge is 0.496 e. The lowest BCUT2D eigenvalue weighted by Gasteiger charge is -2.36. The first-order valence-electron chi connectivity index (χ1n) is 11.1. The van der Waals surface area contributed by atoms with Crippen LogP contribution in [0.4, 0.5) is 0 Å². The molecular formula is C27H34O5S. The molecule has 0 amide bonds. The predicted molar refractivity (Wildman–Crippen MR) is 134 cm³/mol. The molecule has 0 atom stereocenters. The number of ether oxygens (including phenoxy) is 3. The van der Waals surface area contributed by atoms with Crippen molar-refractivity contribution in [1.29, 1.82) is 0 Å². The minimum Gasteiger partial charge on any atom is -0.496 e. The number of rotatable bonds is 9. The number of hydrogen-bond donors (Lipinski definition) is 0. The van der Waals surface area contributed by atoms with E-state index in [9.17, 15) is 8.42 Å². The Morgan fingerprint density at radius 1 is 0.667 bits per heavy atom. The zero-order chi connectivity index (χ0) is 24.3. The molecule has 0 spiro atoms. The highest BCUT2D eigenvalue weighted by molar-refractivity contribution is 7.92. The number of sulfone groups is 1. The molecule has 3 aromatic rings. The van der Waals surface area contributed by atoms with Crippen LogP contribution in [0.1, 0.15) is 37.5 Å². The average Bonchev–Trinajstić information content (AvgIpc) is 2.86. The van der Waals surface area contributed by atoms with Crippen LogP contribution in [0.2, 0.25) is 0 Å². The van der Waals surface area contributed by atoms with Gasteiger partial charge in [-0.3, -0.25) is 0 Å². The molecule has 0 fully saturated rings. The first kappa shape index (κ1) is 26.4. The summed E-state index contributed by atoms with van der Waals surface area (Å²) in [6, 6.07) is 23.8. The van der Waals surface area contributed by atoms with E-state index >= 15 is 0 Å². The molecule has 0 radical (unpaired) electrons. The Bertz CT molecular complexity index is 1040. The molecule has 0 aliphatic heterocycles. The van der Waals surface area contributed by atoms with E-state index in [-0.39, 0.29) is 5.75 Å². The van der Waals surface area contributed by atoms with Gasteiger partial charge in [-0.15, -0.1) is 0 Å². The maximum absolute atomic E-state index is 13.8. The van der Waals surface area contributed by atoms with Gasteiger partial charge in [0.2, 0.25) is 0 Å². The first-order chi connectivity index (χ1) is 15.9. The average molecular weight is 471 g/mol. The molecule has 3 aromatic carbocycles. The normalized spacial score (nSPS) is 11.3. The highest BCUT2D eigenvalue weighted by Crippen LogP contribution is 2.50. The zero-order valence-corrected chi connectivity index (χ0v) is 20.9. The summed E-state index contributed by atoms with van der Waals surface area (Å²) in [5.74, 6) is 0.974. The fourth-order valence-corrected chi connectivity index (χ4v) is 5.87. The molecule has 0 saturated heterocycles. The lowest BCUT2D eigenvalue weighted by atomic mass is 9.83. The topological polar surface area (TPSA) is 61.8 Å². The Labute approximate surface area is 198 Å². The lowest BCUT2D eigenvalue weighted by Crippen LogP contribution is -2.40. The molecular weight excluding hydrogens is 436 g/mol. The van der Waals surface area contributed by atoms with E-state index in [0.29, 0.717) is 28.2 Å². The number of hydrogen-bond acceptors (Lipinski definition) is 5. The van der Waals surface area contributed by atoms with Crippen LogP contribution in [0.25, 0.3) is 0 Å². The smallest absolute Gasteiger partial charge is 0.168 e. The minimum atomic E-state index is -3.71. The molecule has 0 aliphatic rings. The third-order valence-corrected chi connectivity index (χ3v) is 7.78. The van der Waals surface area contributed by atoms with Crippen molar-refractivity contribution in [2.24, 2.45) is 0 Å². The molecule has 6 heteroatoms. The second kappa shape index (κ2) is 12.4. The van der Waals surface area contributed by atoms with Gasteiger partial charge >= 0.3 is 0 Å². The van der Waals surface area contributed by atoms with E-state index in [2.05, 4.69) is 0 Å². The third-order valence-electron chi connectivity index (χ3n) is 5.41. The van der Waals surface area contributed by atoms with Gasteiger partial charge in [-0.1, -0.05) is 73.7 Å². The van der Waals surface area contributed by atoms with E-state index in [4.69, 9.17) is 14.2 Å². The SMILES string of the molecule is CCOCC.CCS(=O)(=O)C(c1ccccc1)(c1ccccc1OC)c1ccccc1OC. The van der Waals surface area contributed by atoms with Crippen molar-refractivity contribution >= 4 is 9.84 Å². The summed E-state index contributed by atoms with van der Waals surface area (Å²) in [4.78, 5) is 0. The van der Waals surface area contributed by atoms with Gasteiger partial charge in [0.25, 0.3) is 0 Å². The highest BCUT2D eigenvalue weighted by atomic mass is 32.2. The molecule has 0 N–H and O–H groups in total. The second-order valence-corrected chi connectivity index (χ2v) is 9.55. The van der Waals surface area contributed by atoms with Gasteiger partial charge in [0.1, 0.15) is 11.5 Å². The van der Waals surface area contributed by atoms with Crippen LogP contribution in [-0.2, 0) is 19.3 Å². The molecule has 0 heterocycles. The molecule has 33 heavy (non-hydrogen) atoms. The van der Waals surface area contributed by atoms with E-state index in [1.54, 1.807) is 33.3 Å². The summed E-state index contributed by atoms with van der Waals surface area (Å²) < 4.78 is 42.3. The third kappa shape index (κ3) is 5.40. The van der Waals surface area contributed by atoms with E-state index < -0.39 is 14.6 Å². The molecule has 0 bridgehead atoms. The van der Waals surface area contributed by atoms with Crippen molar-refractivity contribution in [2.45, 2.75) is 25.5 Å². The van der Waals surface area contributed by atoms with Crippen LogP contribution in [-0.4, -0.2) is 41.6 Å². The van der Waals surface area contributed by atoms with Gasteiger partial charge in [-0.25, -0.2) is 8.42 Å². The van der Waals surface area contributed by atoms with Gasteiger partial charge in [-0.05, 0) is 31.5 Å². The summed E-state index contributed by atoms with van der Waals surface area (Å²) in [6.07, 6.45) is 0. The Morgan fingerprint density at radius 2 is 1.09 bits per heavy atom. The molecule has 5 nitrogen and oxygen atoms in total. The Balaban J connectivity index is 0.000000696. The van der Waals surface area contributed by atoms with Crippen molar-refractivity contribution in [1.82, 2.24) is 0 Å². The zero-order valence-electron chi connectivity index (χ0n) is 20.1. The summed E-state index contributed by atoms with van der Waals surface area (Å²) >= 11 is 0. The van der Waals surface area contributed by atoms with Crippen LogP contribution >= 0.6 is 0 Å². The maximum Gasteiger partial charge on any atom is 0.168 e. The Kier molecular flexibility index (Phi) is 9.95. The molecule has 0 saturated carbocycles. The van der Waals surface area contributed by atoms with Gasteiger partial charge in [0.05, 0.1) is 14.2 Å². The molecule has 0 unspecified atom stereocenters. The summed E-state index contributed by atoms with van der Waals surface area (Å²) in [6.45, 7) is 7.33. The summed E-state index contributed by atoms with van der Waals surface area (Å²) in [5, 5.41) is 0. The van der Waals surface area contributed by atoms with Gasteiger partial charge < -0.3 is 14.2 Å². The van der Waals surface area contributed by atoms with Crippen LogP contribution in [0.3, 0.4) is 0 Å². The monoisotopic (exact) mass is 470 g/mol. The molecule has 0 aromatic heterocycles. The van der Waals surface area contributed by atoms with Crippen molar-refractivity contribution in [3.05, 3.63) is 95.6 Å². The minimum absolute atomic E-state index is 0.0437. The fourth-order valence-electron chi connectivity index (χ4n) is 3.94. The summed E-state index contributed by atoms with van der Waals surface area (Å²) in [7, 11) is -0.604. The Morgan fingerprint density at radius 3 is 1.45 bits per heavy atom. The van der Waals surface area contributed by atoms with Crippen LogP contribution in [0.15, 0.2) is 78.9 Å². The van der Waals surface area contributed by atoms with Crippen molar-refractivity contribution in [3.8, 4) is 11.5 Å². The quantitative estimate of drug-likeness (QED) is 0.388. The van der Waals surface area contributed by atoms with E-state index in [0.717, 1.165) is 13.2 Å². The van der Waals surface area contributed by atoms with Gasteiger partial charge in [0.15, 0.2) is 14.6 Å². The fraction of sp³-hybridized carbons (Fsp3) is 0.333. The molecule has 3 rings (SSSR count). The van der Waals surface area contributed by atoms with Crippen LogP contribution in [0.5, 0.6) is 11.5 Å².